The molecule has 0 aliphatic rings. The Kier molecular flexibility index (Phi) is 5.31. The first-order valence-corrected chi connectivity index (χ1v) is 10.0. The predicted molar refractivity (Wildman–Crippen MR) is 113 cm³/mol. The van der Waals surface area contributed by atoms with E-state index in [1.54, 1.807) is 29.7 Å². The zero-order valence-corrected chi connectivity index (χ0v) is 17.2. The first-order chi connectivity index (χ1) is 14.5. The molecule has 1 aromatic carbocycles. The molecule has 8 heteroatoms. The fourth-order valence-electron chi connectivity index (χ4n) is 3.65. The Hall–Kier alpha value is -3.55. The number of fused-ring (bicyclic) bond motifs is 3. The van der Waals surface area contributed by atoms with Crippen molar-refractivity contribution in [1.82, 2.24) is 19.5 Å². The number of carbonyl (C=O) groups excluding carboxylic acids is 1. The summed E-state index contributed by atoms with van der Waals surface area (Å²) in [6, 6.07) is 10.3. The van der Waals surface area contributed by atoms with E-state index in [4.69, 9.17) is 9.15 Å². The third-order valence-corrected chi connectivity index (χ3v) is 5.11. The van der Waals surface area contributed by atoms with Gasteiger partial charge in [0, 0.05) is 18.7 Å². The number of hydrogen-bond acceptors (Lipinski definition) is 5. The third kappa shape index (κ3) is 3.45. The van der Waals surface area contributed by atoms with E-state index in [9.17, 15) is 9.59 Å². The van der Waals surface area contributed by atoms with Crippen molar-refractivity contribution < 1.29 is 13.9 Å². The SMILES string of the molecule is CCOc1ccc(CNC(=O)C(CC)n2nc(C)n3c(cc4occc43)c2=O)cc1. The lowest BCUT2D eigenvalue weighted by atomic mass is 10.2. The molecule has 0 spiro atoms. The smallest absolute Gasteiger partial charge is 0.291 e. The summed E-state index contributed by atoms with van der Waals surface area (Å²) in [6.45, 7) is 6.56. The molecule has 0 radical (unpaired) electrons. The molecule has 1 amide bonds. The van der Waals surface area contributed by atoms with Gasteiger partial charge in [0.15, 0.2) is 5.58 Å². The van der Waals surface area contributed by atoms with Gasteiger partial charge in [-0.3, -0.25) is 14.0 Å². The Morgan fingerprint density at radius 1 is 1.20 bits per heavy atom. The minimum absolute atomic E-state index is 0.250. The number of aromatic nitrogens is 3. The Labute approximate surface area is 173 Å². The molecule has 0 bridgehead atoms. The number of nitrogens with zero attached hydrogens (tertiary/aromatic N) is 3. The van der Waals surface area contributed by atoms with E-state index in [0.717, 1.165) is 16.8 Å². The van der Waals surface area contributed by atoms with Crippen molar-refractivity contribution in [3.8, 4) is 5.75 Å². The second-order valence-electron chi connectivity index (χ2n) is 7.05. The summed E-state index contributed by atoms with van der Waals surface area (Å²) in [4.78, 5) is 25.9. The number of hydrogen-bond donors (Lipinski definition) is 1. The maximum Gasteiger partial charge on any atom is 0.291 e. The highest BCUT2D eigenvalue weighted by atomic mass is 16.5. The average molecular weight is 408 g/mol. The van der Waals surface area contributed by atoms with Gasteiger partial charge in [0.1, 0.15) is 23.1 Å². The van der Waals surface area contributed by atoms with Gasteiger partial charge < -0.3 is 14.5 Å². The Morgan fingerprint density at radius 2 is 1.97 bits per heavy atom. The van der Waals surface area contributed by atoms with Gasteiger partial charge in [0.05, 0.1) is 18.4 Å². The van der Waals surface area contributed by atoms with Crippen LogP contribution in [-0.4, -0.2) is 26.7 Å². The number of furan rings is 1. The van der Waals surface area contributed by atoms with Crippen LogP contribution in [0, 0.1) is 6.92 Å². The molecule has 156 valence electrons. The minimum Gasteiger partial charge on any atom is -0.494 e. The van der Waals surface area contributed by atoms with Gasteiger partial charge in [-0.05, 0) is 38.0 Å². The predicted octanol–water partition coefficient (Wildman–Crippen LogP) is 3.22. The van der Waals surface area contributed by atoms with Crippen molar-refractivity contribution in [2.24, 2.45) is 0 Å². The van der Waals surface area contributed by atoms with Gasteiger partial charge in [0.2, 0.25) is 5.91 Å². The standard InChI is InChI=1S/C22H24N4O4/c1-4-17(21(27)23-13-15-6-8-16(9-7-15)29-5-2)26-22(28)19-12-20-18(10-11-30-20)25(19)14(3)24-26/h6-12,17H,4-5,13H2,1-3H3,(H,23,27). The zero-order valence-electron chi connectivity index (χ0n) is 17.2. The fourth-order valence-corrected chi connectivity index (χ4v) is 3.65. The van der Waals surface area contributed by atoms with Gasteiger partial charge in [-0.1, -0.05) is 19.1 Å². The van der Waals surface area contributed by atoms with Crippen molar-refractivity contribution in [3.63, 3.8) is 0 Å². The molecular weight excluding hydrogens is 384 g/mol. The van der Waals surface area contributed by atoms with E-state index in [1.807, 2.05) is 38.1 Å². The molecule has 0 aliphatic heterocycles. The van der Waals surface area contributed by atoms with Gasteiger partial charge in [0.25, 0.3) is 5.56 Å². The number of aryl methyl sites for hydroxylation is 1. The van der Waals surface area contributed by atoms with E-state index < -0.39 is 6.04 Å². The van der Waals surface area contributed by atoms with Crippen molar-refractivity contribution in [2.45, 2.75) is 39.8 Å². The van der Waals surface area contributed by atoms with Crippen molar-refractivity contribution in [2.75, 3.05) is 6.61 Å². The molecule has 0 aliphatic carbocycles. The fraction of sp³-hybridized carbons (Fsp3) is 0.318. The summed E-state index contributed by atoms with van der Waals surface area (Å²) in [6.07, 6.45) is 2.01. The molecule has 0 saturated carbocycles. The summed E-state index contributed by atoms with van der Waals surface area (Å²) in [5, 5.41) is 7.34. The molecule has 3 aromatic heterocycles. The van der Waals surface area contributed by atoms with Crippen LogP contribution in [-0.2, 0) is 11.3 Å². The van der Waals surface area contributed by atoms with Crippen molar-refractivity contribution in [3.05, 3.63) is 64.4 Å². The summed E-state index contributed by atoms with van der Waals surface area (Å²) < 4.78 is 13.9. The first-order valence-electron chi connectivity index (χ1n) is 10.0. The molecule has 1 atom stereocenters. The Bertz CT molecular complexity index is 1250. The van der Waals surface area contributed by atoms with Crippen LogP contribution in [0.15, 0.2) is 51.9 Å². The summed E-state index contributed by atoms with van der Waals surface area (Å²) >= 11 is 0. The average Bonchev–Trinajstić information content (AvgIpc) is 3.33. The summed E-state index contributed by atoms with van der Waals surface area (Å²) in [5.74, 6) is 1.15. The van der Waals surface area contributed by atoms with Crippen LogP contribution < -0.4 is 15.6 Å². The quantitative estimate of drug-likeness (QED) is 0.507. The summed E-state index contributed by atoms with van der Waals surface area (Å²) in [7, 11) is 0. The van der Waals surface area contributed by atoms with E-state index in [-0.39, 0.29) is 11.5 Å². The lowest BCUT2D eigenvalue weighted by Gasteiger charge is -2.18. The van der Waals surface area contributed by atoms with E-state index >= 15 is 0 Å². The van der Waals surface area contributed by atoms with E-state index in [0.29, 0.717) is 36.5 Å². The van der Waals surface area contributed by atoms with Crippen molar-refractivity contribution in [1.29, 1.82) is 0 Å². The highest BCUT2D eigenvalue weighted by molar-refractivity contribution is 5.83. The van der Waals surface area contributed by atoms with Crippen LogP contribution in [0.4, 0.5) is 0 Å². The van der Waals surface area contributed by atoms with Crippen LogP contribution in [0.5, 0.6) is 5.75 Å². The molecule has 30 heavy (non-hydrogen) atoms. The van der Waals surface area contributed by atoms with Gasteiger partial charge >= 0.3 is 0 Å². The number of ether oxygens (including phenoxy) is 1. The number of rotatable bonds is 7. The zero-order chi connectivity index (χ0) is 21.3. The summed E-state index contributed by atoms with van der Waals surface area (Å²) in [5.41, 5.74) is 2.46. The maximum absolute atomic E-state index is 13.1. The second-order valence-corrected chi connectivity index (χ2v) is 7.05. The minimum atomic E-state index is -0.704. The molecule has 0 fully saturated rings. The van der Waals surface area contributed by atoms with E-state index in [1.165, 1.54) is 4.68 Å². The van der Waals surface area contributed by atoms with Crippen LogP contribution in [0.25, 0.3) is 16.6 Å². The van der Waals surface area contributed by atoms with Crippen LogP contribution in [0.2, 0.25) is 0 Å². The molecule has 8 nitrogen and oxygen atoms in total. The van der Waals surface area contributed by atoms with Gasteiger partial charge in [-0.25, -0.2) is 4.68 Å². The number of carbonyl (C=O) groups is 1. The molecule has 1 N–H and O–H groups in total. The largest absolute Gasteiger partial charge is 0.494 e. The maximum atomic E-state index is 13.1. The molecular formula is C22H24N4O4. The molecule has 4 aromatic rings. The number of nitrogens with one attached hydrogen (secondary N) is 1. The number of benzene rings is 1. The topological polar surface area (TPSA) is 90.8 Å². The monoisotopic (exact) mass is 408 g/mol. The molecule has 0 saturated heterocycles. The lowest BCUT2D eigenvalue weighted by molar-refractivity contribution is -0.125. The van der Waals surface area contributed by atoms with Crippen LogP contribution in [0.1, 0.15) is 37.7 Å². The van der Waals surface area contributed by atoms with Gasteiger partial charge in [-0.2, -0.15) is 5.10 Å². The Balaban J connectivity index is 1.58. The lowest BCUT2D eigenvalue weighted by Crippen LogP contribution is -2.39. The second kappa shape index (κ2) is 8.06. The number of amides is 1. The first kappa shape index (κ1) is 19.8. The molecule has 3 heterocycles. The highest BCUT2D eigenvalue weighted by Crippen LogP contribution is 2.21. The van der Waals surface area contributed by atoms with Crippen LogP contribution in [0.3, 0.4) is 0 Å². The molecule has 4 rings (SSSR count). The van der Waals surface area contributed by atoms with Crippen LogP contribution >= 0.6 is 0 Å². The third-order valence-electron chi connectivity index (χ3n) is 5.11. The Morgan fingerprint density at radius 3 is 2.67 bits per heavy atom. The highest BCUT2D eigenvalue weighted by Gasteiger charge is 2.23. The van der Waals surface area contributed by atoms with Gasteiger partial charge in [-0.15, -0.1) is 0 Å². The van der Waals surface area contributed by atoms with E-state index in [2.05, 4.69) is 10.4 Å². The normalized spacial score (nSPS) is 12.4. The molecule has 1 unspecified atom stereocenters. The van der Waals surface area contributed by atoms with Crippen molar-refractivity contribution >= 4 is 22.5 Å².